The van der Waals surface area contributed by atoms with Crippen LogP contribution in [0, 0.1) is 0 Å². The third-order valence-corrected chi connectivity index (χ3v) is 2.93. The average molecular weight is 257 g/mol. The van der Waals surface area contributed by atoms with Crippen LogP contribution in [-0.4, -0.2) is 7.11 Å². The van der Waals surface area contributed by atoms with Crippen LogP contribution < -0.4 is 10.5 Å². The van der Waals surface area contributed by atoms with Gasteiger partial charge in [0.15, 0.2) is 0 Å². The Hall–Kier alpha value is -1.84. The zero-order valence-electron chi connectivity index (χ0n) is 11.1. The van der Waals surface area contributed by atoms with Crippen LogP contribution in [0.4, 0.5) is 0 Å². The molecule has 0 saturated heterocycles. The predicted molar refractivity (Wildman–Crippen MR) is 75.8 cm³/mol. The van der Waals surface area contributed by atoms with Gasteiger partial charge >= 0.3 is 0 Å². The van der Waals surface area contributed by atoms with Gasteiger partial charge in [0.2, 0.25) is 0 Å². The first-order valence-corrected chi connectivity index (χ1v) is 6.30. The number of hydrogen-bond donors (Lipinski definition) is 1. The number of benzene rings is 2. The van der Waals surface area contributed by atoms with Crippen molar-refractivity contribution in [2.45, 2.75) is 19.8 Å². The molecule has 2 rings (SSSR count). The maximum Gasteiger partial charge on any atom is 0.119 e. The van der Waals surface area contributed by atoms with E-state index in [9.17, 15) is 0 Å². The topological polar surface area (TPSA) is 44.5 Å². The van der Waals surface area contributed by atoms with E-state index in [2.05, 4.69) is 0 Å². The lowest BCUT2D eigenvalue weighted by Gasteiger charge is -2.07. The van der Waals surface area contributed by atoms with Crippen molar-refractivity contribution in [3.63, 3.8) is 0 Å². The highest BCUT2D eigenvalue weighted by Gasteiger charge is 1.98. The van der Waals surface area contributed by atoms with Crippen LogP contribution in [0.3, 0.4) is 0 Å². The summed E-state index contributed by atoms with van der Waals surface area (Å²) in [6.45, 7) is 1.75. The van der Waals surface area contributed by atoms with Crippen molar-refractivity contribution in [3.8, 4) is 5.75 Å². The molecule has 0 spiro atoms. The van der Waals surface area contributed by atoms with Gasteiger partial charge in [-0.25, -0.2) is 0 Å². The first-order chi connectivity index (χ1) is 9.31. The van der Waals surface area contributed by atoms with Gasteiger partial charge in [0.1, 0.15) is 5.75 Å². The summed E-state index contributed by atoms with van der Waals surface area (Å²) in [5.41, 5.74) is 8.96. The van der Waals surface area contributed by atoms with E-state index in [1.54, 1.807) is 7.11 Å². The van der Waals surface area contributed by atoms with Crippen molar-refractivity contribution in [2.75, 3.05) is 7.11 Å². The average Bonchev–Trinajstić information content (AvgIpc) is 2.48. The Morgan fingerprint density at radius 1 is 0.895 bits per heavy atom. The summed E-state index contributed by atoms with van der Waals surface area (Å²) in [6.07, 6.45) is 0. The maximum atomic E-state index is 5.69. The Labute approximate surface area is 114 Å². The summed E-state index contributed by atoms with van der Waals surface area (Å²) in [5, 5.41) is 0. The third-order valence-electron chi connectivity index (χ3n) is 2.93. The second-order valence-electron chi connectivity index (χ2n) is 4.36. The smallest absolute Gasteiger partial charge is 0.119 e. The van der Waals surface area contributed by atoms with E-state index >= 15 is 0 Å². The standard InChI is InChI=1S/C16H19NO2/c1-18-16-4-2-3-15(9-16)12-19-11-14-7-5-13(10-17)6-8-14/h2-9H,10-12,17H2,1H3. The van der Waals surface area contributed by atoms with Gasteiger partial charge in [-0.15, -0.1) is 0 Å². The fourth-order valence-corrected chi connectivity index (χ4v) is 1.82. The molecule has 0 aliphatic heterocycles. The zero-order chi connectivity index (χ0) is 13.5. The highest BCUT2D eigenvalue weighted by atomic mass is 16.5. The Morgan fingerprint density at radius 2 is 1.58 bits per heavy atom. The molecule has 19 heavy (non-hydrogen) atoms. The molecule has 2 aromatic rings. The number of rotatable bonds is 6. The van der Waals surface area contributed by atoms with Gasteiger partial charge in [-0.2, -0.15) is 0 Å². The zero-order valence-corrected chi connectivity index (χ0v) is 11.1. The summed E-state index contributed by atoms with van der Waals surface area (Å²) in [7, 11) is 1.67. The van der Waals surface area contributed by atoms with Crippen LogP contribution in [0.25, 0.3) is 0 Å². The molecule has 2 N–H and O–H groups in total. The molecule has 0 fully saturated rings. The van der Waals surface area contributed by atoms with Gasteiger partial charge in [0.05, 0.1) is 20.3 Å². The van der Waals surface area contributed by atoms with Crippen molar-refractivity contribution in [3.05, 3.63) is 65.2 Å². The highest BCUT2D eigenvalue weighted by Crippen LogP contribution is 2.14. The van der Waals surface area contributed by atoms with E-state index < -0.39 is 0 Å². The van der Waals surface area contributed by atoms with E-state index in [0.29, 0.717) is 19.8 Å². The minimum absolute atomic E-state index is 0.574. The van der Waals surface area contributed by atoms with Crippen LogP contribution in [0.5, 0.6) is 5.75 Å². The number of ether oxygens (including phenoxy) is 2. The lowest BCUT2D eigenvalue weighted by atomic mass is 10.1. The maximum absolute atomic E-state index is 5.69. The quantitative estimate of drug-likeness (QED) is 0.865. The molecule has 3 heteroatoms. The number of hydrogen-bond acceptors (Lipinski definition) is 3. The van der Waals surface area contributed by atoms with Crippen LogP contribution in [0.15, 0.2) is 48.5 Å². The summed E-state index contributed by atoms with van der Waals surface area (Å²) in [6, 6.07) is 16.1. The summed E-state index contributed by atoms with van der Waals surface area (Å²) >= 11 is 0. The van der Waals surface area contributed by atoms with E-state index in [4.69, 9.17) is 15.2 Å². The van der Waals surface area contributed by atoms with Gasteiger partial charge in [-0.3, -0.25) is 0 Å². The molecular formula is C16H19NO2. The van der Waals surface area contributed by atoms with E-state index in [-0.39, 0.29) is 0 Å². The van der Waals surface area contributed by atoms with Crippen molar-refractivity contribution < 1.29 is 9.47 Å². The number of methoxy groups -OCH3 is 1. The van der Waals surface area contributed by atoms with Crippen molar-refractivity contribution >= 4 is 0 Å². The minimum Gasteiger partial charge on any atom is -0.497 e. The summed E-state index contributed by atoms with van der Waals surface area (Å²) in [5.74, 6) is 0.855. The fourth-order valence-electron chi connectivity index (χ4n) is 1.82. The molecule has 0 heterocycles. The monoisotopic (exact) mass is 257 g/mol. The van der Waals surface area contributed by atoms with Crippen LogP contribution >= 0.6 is 0 Å². The largest absolute Gasteiger partial charge is 0.497 e. The first-order valence-electron chi connectivity index (χ1n) is 6.30. The van der Waals surface area contributed by atoms with Crippen LogP contribution in [-0.2, 0) is 24.5 Å². The molecule has 0 aliphatic carbocycles. The molecule has 2 aromatic carbocycles. The lowest BCUT2D eigenvalue weighted by Crippen LogP contribution is -1.98. The summed E-state index contributed by atoms with van der Waals surface area (Å²) < 4.78 is 10.9. The lowest BCUT2D eigenvalue weighted by molar-refractivity contribution is 0.107. The molecule has 0 atom stereocenters. The first kappa shape index (κ1) is 13.6. The van der Waals surface area contributed by atoms with E-state index in [1.807, 2.05) is 48.5 Å². The molecule has 0 unspecified atom stereocenters. The van der Waals surface area contributed by atoms with E-state index in [1.165, 1.54) is 0 Å². The normalized spacial score (nSPS) is 10.4. The van der Waals surface area contributed by atoms with Gasteiger partial charge in [-0.1, -0.05) is 36.4 Å². The Bertz CT molecular complexity index is 508. The van der Waals surface area contributed by atoms with Gasteiger partial charge in [0, 0.05) is 6.54 Å². The molecule has 0 amide bonds. The Kier molecular flexibility index (Phi) is 4.95. The van der Waals surface area contributed by atoms with Gasteiger partial charge in [0.25, 0.3) is 0 Å². The molecule has 0 aromatic heterocycles. The van der Waals surface area contributed by atoms with Crippen LogP contribution in [0.2, 0.25) is 0 Å². The fraction of sp³-hybridized carbons (Fsp3) is 0.250. The third kappa shape index (κ3) is 4.09. The second-order valence-corrected chi connectivity index (χ2v) is 4.36. The molecule has 0 saturated carbocycles. The highest BCUT2D eigenvalue weighted by molar-refractivity contribution is 5.28. The predicted octanol–water partition coefficient (Wildman–Crippen LogP) is 2.87. The van der Waals surface area contributed by atoms with Gasteiger partial charge < -0.3 is 15.2 Å². The van der Waals surface area contributed by atoms with Crippen molar-refractivity contribution in [1.82, 2.24) is 0 Å². The Balaban J connectivity index is 1.85. The Morgan fingerprint density at radius 3 is 2.26 bits per heavy atom. The van der Waals surface area contributed by atoms with Crippen molar-refractivity contribution in [2.24, 2.45) is 5.73 Å². The second kappa shape index (κ2) is 6.92. The molecule has 3 nitrogen and oxygen atoms in total. The molecule has 0 radical (unpaired) electrons. The summed E-state index contributed by atoms with van der Waals surface area (Å²) in [4.78, 5) is 0. The molecule has 100 valence electrons. The SMILES string of the molecule is COc1cccc(COCc2ccc(CN)cc2)c1. The van der Waals surface area contributed by atoms with E-state index in [0.717, 1.165) is 22.4 Å². The number of nitrogens with two attached hydrogens (primary N) is 1. The molecule has 0 bridgehead atoms. The van der Waals surface area contributed by atoms with Gasteiger partial charge in [-0.05, 0) is 28.8 Å². The minimum atomic E-state index is 0.574. The van der Waals surface area contributed by atoms with Crippen LogP contribution in [0.1, 0.15) is 16.7 Å². The molecule has 0 aliphatic rings. The van der Waals surface area contributed by atoms with Crippen molar-refractivity contribution in [1.29, 1.82) is 0 Å². The molecular weight excluding hydrogens is 238 g/mol.